The van der Waals surface area contributed by atoms with Gasteiger partial charge in [0.25, 0.3) is 0 Å². The molecule has 0 aromatic rings. The molecule has 0 aliphatic heterocycles. The third-order valence-electron chi connectivity index (χ3n) is 2.14. The second kappa shape index (κ2) is 5.50. The molecule has 0 aliphatic rings. The summed E-state index contributed by atoms with van der Waals surface area (Å²) in [4.78, 5) is 11.0. The van der Waals surface area contributed by atoms with Gasteiger partial charge in [-0.05, 0) is 26.1 Å². The Hall–Kier alpha value is -0.220. The number of hydrogen-bond donors (Lipinski definition) is 2. The van der Waals surface area contributed by atoms with Gasteiger partial charge in [-0.2, -0.15) is 11.8 Å². The highest BCUT2D eigenvalue weighted by molar-refractivity contribution is 7.99. The lowest BCUT2D eigenvalue weighted by atomic mass is 9.96. The minimum Gasteiger partial charge on any atom is -0.480 e. The van der Waals surface area contributed by atoms with E-state index in [1.54, 1.807) is 18.7 Å². The first-order valence-corrected chi connectivity index (χ1v) is 5.76. The van der Waals surface area contributed by atoms with E-state index in [0.717, 1.165) is 0 Å². The van der Waals surface area contributed by atoms with Crippen LogP contribution in [0.15, 0.2) is 0 Å². The van der Waals surface area contributed by atoms with Crippen LogP contribution < -0.4 is 5.32 Å². The number of nitrogens with one attached hydrogen (secondary N) is 1. The lowest BCUT2D eigenvalue weighted by Gasteiger charge is -2.28. The van der Waals surface area contributed by atoms with Crippen LogP contribution in [-0.2, 0) is 4.79 Å². The van der Waals surface area contributed by atoms with Gasteiger partial charge in [0.15, 0.2) is 0 Å². The first-order valence-electron chi connectivity index (χ1n) is 4.47. The highest BCUT2D eigenvalue weighted by Gasteiger charge is 2.33. The number of carboxylic acid groups (broad SMARTS) is 1. The smallest absolute Gasteiger partial charge is 0.323 e. The van der Waals surface area contributed by atoms with E-state index in [1.165, 1.54) is 0 Å². The fraction of sp³-hybridized carbons (Fsp3) is 0.889. The molecular weight excluding hydrogens is 186 g/mol. The molecule has 78 valence electrons. The van der Waals surface area contributed by atoms with E-state index in [0.29, 0.717) is 18.2 Å². The molecule has 0 fully saturated rings. The molecule has 3 nitrogen and oxygen atoms in total. The van der Waals surface area contributed by atoms with Crippen molar-refractivity contribution in [3.05, 3.63) is 0 Å². The zero-order chi connectivity index (χ0) is 10.5. The number of carboxylic acids is 1. The average molecular weight is 205 g/mol. The fourth-order valence-corrected chi connectivity index (χ4v) is 1.78. The van der Waals surface area contributed by atoms with Crippen molar-refractivity contribution in [3.63, 3.8) is 0 Å². The minimum atomic E-state index is -0.781. The number of thioether (sulfide) groups is 1. The third-order valence-corrected chi connectivity index (χ3v) is 3.11. The van der Waals surface area contributed by atoms with Gasteiger partial charge in [-0.25, -0.2) is 0 Å². The number of likely N-dealkylation sites (N-methyl/N-ethyl adjacent to an activating group) is 1. The highest BCUT2D eigenvalue weighted by atomic mass is 32.2. The first-order chi connectivity index (χ1) is 5.96. The second-order valence-electron chi connectivity index (χ2n) is 3.42. The molecule has 0 aliphatic carbocycles. The maximum Gasteiger partial charge on any atom is 0.323 e. The van der Waals surface area contributed by atoms with Crippen LogP contribution in [-0.4, -0.2) is 34.7 Å². The normalized spacial score (nSPS) is 17.8. The average Bonchev–Trinajstić information content (AvgIpc) is 2.04. The lowest BCUT2D eigenvalue weighted by Crippen LogP contribution is -2.50. The van der Waals surface area contributed by atoms with Crippen molar-refractivity contribution in [1.29, 1.82) is 0 Å². The molecule has 0 heterocycles. The topological polar surface area (TPSA) is 49.3 Å². The molecule has 13 heavy (non-hydrogen) atoms. The van der Waals surface area contributed by atoms with Gasteiger partial charge in [0.2, 0.25) is 0 Å². The third kappa shape index (κ3) is 4.00. The van der Waals surface area contributed by atoms with Crippen molar-refractivity contribution >= 4 is 17.7 Å². The summed E-state index contributed by atoms with van der Waals surface area (Å²) in [6.45, 7) is 6.39. The molecule has 0 bridgehead atoms. The zero-order valence-corrected chi connectivity index (χ0v) is 9.57. The highest BCUT2D eigenvalue weighted by Crippen LogP contribution is 2.20. The fourth-order valence-electron chi connectivity index (χ4n) is 1.28. The van der Waals surface area contributed by atoms with Crippen LogP contribution in [0.3, 0.4) is 0 Å². The van der Waals surface area contributed by atoms with Crippen molar-refractivity contribution in [1.82, 2.24) is 5.32 Å². The van der Waals surface area contributed by atoms with Crippen LogP contribution in [0.5, 0.6) is 0 Å². The Labute approximate surface area is 84.3 Å². The molecule has 4 heteroatoms. The van der Waals surface area contributed by atoms with Gasteiger partial charge >= 0.3 is 5.97 Å². The Balaban J connectivity index is 4.32. The van der Waals surface area contributed by atoms with Crippen LogP contribution in [0.2, 0.25) is 0 Å². The van der Waals surface area contributed by atoms with Crippen LogP contribution in [0.1, 0.15) is 27.2 Å². The van der Waals surface area contributed by atoms with Crippen molar-refractivity contribution in [2.45, 2.75) is 38.0 Å². The molecule has 2 N–H and O–H groups in total. The van der Waals surface area contributed by atoms with Crippen LogP contribution in [0.4, 0.5) is 0 Å². The summed E-state index contributed by atoms with van der Waals surface area (Å²) in [5, 5.41) is 12.4. The van der Waals surface area contributed by atoms with E-state index in [4.69, 9.17) is 5.11 Å². The van der Waals surface area contributed by atoms with Gasteiger partial charge in [0, 0.05) is 5.25 Å². The molecule has 0 rings (SSSR count). The molecule has 2 unspecified atom stereocenters. The standard InChI is InChI=1S/C9H19NO2S/c1-5-10-9(3,8(11)12)6-7(2)13-4/h7,10H,5-6H2,1-4H3,(H,11,12). The van der Waals surface area contributed by atoms with Crippen molar-refractivity contribution in [2.24, 2.45) is 0 Å². The summed E-state index contributed by atoms with van der Waals surface area (Å²) in [7, 11) is 0. The van der Waals surface area contributed by atoms with Crippen LogP contribution in [0, 0.1) is 0 Å². The molecule has 0 amide bonds. The molecule has 2 atom stereocenters. The summed E-state index contributed by atoms with van der Waals surface area (Å²) in [6.07, 6.45) is 2.65. The second-order valence-corrected chi connectivity index (χ2v) is 4.69. The van der Waals surface area contributed by atoms with E-state index < -0.39 is 11.5 Å². The Morgan fingerprint density at radius 1 is 1.69 bits per heavy atom. The number of hydrogen-bond acceptors (Lipinski definition) is 3. The summed E-state index contributed by atoms with van der Waals surface area (Å²) in [5.41, 5.74) is -0.781. The maximum absolute atomic E-state index is 11.0. The summed E-state index contributed by atoms with van der Waals surface area (Å²) >= 11 is 1.69. The van der Waals surface area contributed by atoms with Gasteiger partial charge in [0.05, 0.1) is 0 Å². The van der Waals surface area contributed by atoms with E-state index in [2.05, 4.69) is 5.32 Å². The van der Waals surface area contributed by atoms with E-state index in [1.807, 2.05) is 20.1 Å². The first kappa shape index (κ1) is 12.8. The Bertz CT molecular complexity index is 175. The van der Waals surface area contributed by atoms with Crippen molar-refractivity contribution < 1.29 is 9.90 Å². The predicted molar refractivity (Wildman–Crippen MR) is 57.3 cm³/mol. The largest absolute Gasteiger partial charge is 0.480 e. The lowest BCUT2D eigenvalue weighted by molar-refractivity contribution is -0.144. The van der Waals surface area contributed by atoms with Crippen LogP contribution >= 0.6 is 11.8 Å². The zero-order valence-electron chi connectivity index (χ0n) is 8.76. The molecule has 0 spiro atoms. The van der Waals surface area contributed by atoms with E-state index >= 15 is 0 Å². The number of carbonyl (C=O) groups is 1. The van der Waals surface area contributed by atoms with E-state index in [-0.39, 0.29) is 0 Å². The summed E-state index contributed by atoms with van der Waals surface area (Å²) < 4.78 is 0. The SMILES string of the molecule is CCNC(C)(CC(C)SC)C(=O)O. The number of aliphatic carboxylic acids is 1. The Morgan fingerprint density at radius 3 is 2.54 bits per heavy atom. The maximum atomic E-state index is 11.0. The minimum absolute atomic E-state index is 0.361. The molecule has 0 saturated carbocycles. The van der Waals surface area contributed by atoms with Gasteiger partial charge in [-0.15, -0.1) is 0 Å². The van der Waals surface area contributed by atoms with Gasteiger partial charge in [-0.1, -0.05) is 13.8 Å². The van der Waals surface area contributed by atoms with Crippen LogP contribution in [0.25, 0.3) is 0 Å². The van der Waals surface area contributed by atoms with Gasteiger partial charge in [0.1, 0.15) is 5.54 Å². The molecule has 0 radical (unpaired) electrons. The predicted octanol–water partition coefficient (Wildman–Crippen LogP) is 1.58. The molecule has 0 aromatic heterocycles. The molecular formula is C9H19NO2S. The van der Waals surface area contributed by atoms with Crippen molar-refractivity contribution in [2.75, 3.05) is 12.8 Å². The summed E-state index contributed by atoms with van der Waals surface area (Å²) in [6, 6.07) is 0. The summed E-state index contributed by atoms with van der Waals surface area (Å²) in [5.74, 6) is -0.768. The van der Waals surface area contributed by atoms with Crippen molar-refractivity contribution in [3.8, 4) is 0 Å². The molecule has 0 aromatic carbocycles. The quantitative estimate of drug-likeness (QED) is 0.691. The molecule has 0 saturated heterocycles. The Kier molecular flexibility index (Phi) is 5.40. The van der Waals surface area contributed by atoms with E-state index in [9.17, 15) is 4.79 Å². The van der Waals surface area contributed by atoms with Gasteiger partial charge in [-0.3, -0.25) is 4.79 Å². The number of rotatable bonds is 6. The monoisotopic (exact) mass is 205 g/mol. The van der Waals surface area contributed by atoms with Gasteiger partial charge < -0.3 is 10.4 Å². The Morgan fingerprint density at radius 2 is 2.23 bits per heavy atom.